The molecule has 1 aromatic heterocycles. The number of rotatable bonds is 3. The van der Waals surface area contributed by atoms with Crippen molar-refractivity contribution < 1.29 is 9.90 Å². The monoisotopic (exact) mass is 216 g/mol. The van der Waals surface area contributed by atoms with Gasteiger partial charge in [0.25, 0.3) is 0 Å². The Balaban J connectivity index is 2.69. The van der Waals surface area contributed by atoms with Gasteiger partial charge in [0.1, 0.15) is 0 Å². The zero-order valence-corrected chi connectivity index (χ0v) is 9.67. The van der Waals surface area contributed by atoms with E-state index >= 15 is 0 Å². The minimum absolute atomic E-state index is 0.289. The van der Waals surface area contributed by atoms with Crippen LogP contribution in [0.15, 0.2) is 6.07 Å². The molecule has 2 nitrogen and oxygen atoms in total. The summed E-state index contributed by atoms with van der Waals surface area (Å²) in [4.78, 5) is 11.7. The van der Waals surface area contributed by atoms with Gasteiger partial charge in [0.15, 0.2) is 0 Å². The highest BCUT2D eigenvalue weighted by molar-refractivity contribution is 7.43. The summed E-state index contributed by atoms with van der Waals surface area (Å²) in [7, 11) is 2.66. The summed E-state index contributed by atoms with van der Waals surface area (Å²) < 4.78 is 1.20. The van der Waals surface area contributed by atoms with Gasteiger partial charge in [-0.2, -0.15) is 0 Å². The second-order valence-corrected chi connectivity index (χ2v) is 5.37. The van der Waals surface area contributed by atoms with Crippen molar-refractivity contribution in [1.29, 1.82) is 0 Å². The third-order valence-corrected chi connectivity index (χ3v) is 3.83. The largest absolute Gasteiger partial charge is 0.481 e. The molecule has 1 aromatic rings. The maximum absolute atomic E-state index is 10.6. The molecule has 0 radical (unpaired) electrons. The lowest BCUT2D eigenvalue weighted by Gasteiger charge is -2.02. The van der Waals surface area contributed by atoms with E-state index < -0.39 is 5.97 Å². The highest BCUT2D eigenvalue weighted by Gasteiger charge is 2.13. The molecular formula is C9H13O2PS. The number of aliphatic carboxylic acids is 1. The fourth-order valence-corrected chi connectivity index (χ4v) is 2.66. The molecule has 0 fully saturated rings. The van der Waals surface area contributed by atoms with Gasteiger partial charge in [0.05, 0.1) is 5.92 Å². The van der Waals surface area contributed by atoms with E-state index in [-0.39, 0.29) is 5.92 Å². The second-order valence-electron chi connectivity index (χ2n) is 3.20. The molecule has 2 atom stereocenters. The molecule has 4 heteroatoms. The van der Waals surface area contributed by atoms with Gasteiger partial charge in [-0.15, -0.1) is 11.3 Å². The van der Waals surface area contributed by atoms with Gasteiger partial charge >= 0.3 is 5.97 Å². The average molecular weight is 216 g/mol. The molecule has 1 rings (SSSR count). The van der Waals surface area contributed by atoms with Crippen molar-refractivity contribution in [2.45, 2.75) is 20.3 Å². The molecule has 0 aliphatic rings. The predicted molar refractivity (Wildman–Crippen MR) is 58.9 cm³/mol. The van der Waals surface area contributed by atoms with Crippen molar-refractivity contribution in [3.05, 3.63) is 16.5 Å². The number of carboxylic acids is 1. The van der Waals surface area contributed by atoms with E-state index in [1.165, 1.54) is 10.2 Å². The molecule has 0 saturated heterocycles. The highest BCUT2D eigenvalue weighted by Crippen LogP contribution is 2.18. The van der Waals surface area contributed by atoms with Gasteiger partial charge in [-0.25, -0.2) is 0 Å². The van der Waals surface area contributed by atoms with Crippen molar-refractivity contribution in [2.75, 3.05) is 0 Å². The van der Waals surface area contributed by atoms with Gasteiger partial charge in [0, 0.05) is 9.50 Å². The van der Waals surface area contributed by atoms with Crippen LogP contribution in [0.1, 0.15) is 17.4 Å². The minimum Gasteiger partial charge on any atom is -0.481 e. The summed E-state index contributed by atoms with van der Waals surface area (Å²) in [5.74, 6) is -1.01. The van der Waals surface area contributed by atoms with E-state index in [2.05, 4.69) is 15.3 Å². The molecule has 1 heterocycles. The highest BCUT2D eigenvalue weighted by atomic mass is 32.1. The molecule has 2 unspecified atom stereocenters. The van der Waals surface area contributed by atoms with E-state index in [1.54, 1.807) is 18.3 Å². The lowest BCUT2D eigenvalue weighted by molar-refractivity contribution is -0.141. The van der Waals surface area contributed by atoms with Gasteiger partial charge in [-0.05, 0) is 25.0 Å². The van der Waals surface area contributed by atoms with Crippen molar-refractivity contribution in [3.8, 4) is 0 Å². The molecule has 0 aliphatic heterocycles. The summed E-state index contributed by atoms with van der Waals surface area (Å²) in [6.07, 6.45) is 0.634. The van der Waals surface area contributed by atoms with Crippen molar-refractivity contribution in [2.24, 2.45) is 5.92 Å². The molecule has 1 N–H and O–H groups in total. The number of carboxylic acid groups (broad SMARTS) is 1. The Bertz CT molecular complexity index is 300. The lowest BCUT2D eigenvalue weighted by atomic mass is 10.1. The summed E-state index contributed by atoms with van der Waals surface area (Å²) >= 11 is 1.66. The first-order valence-corrected chi connectivity index (χ1v) is 5.47. The van der Waals surface area contributed by atoms with E-state index in [4.69, 9.17) is 5.11 Å². The molecule has 13 heavy (non-hydrogen) atoms. The van der Waals surface area contributed by atoms with Crippen LogP contribution in [-0.4, -0.2) is 11.1 Å². The third kappa shape index (κ3) is 2.78. The van der Waals surface area contributed by atoms with Crippen LogP contribution in [0, 0.1) is 12.8 Å². The van der Waals surface area contributed by atoms with Crippen LogP contribution in [0.5, 0.6) is 0 Å². The Morgan fingerprint density at radius 2 is 2.38 bits per heavy atom. The Labute approximate surface area is 84.2 Å². The molecular weight excluding hydrogens is 203 g/mol. The van der Waals surface area contributed by atoms with E-state index in [0.717, 1.165) is 4.88 Å². The van der Waals surface area contributed by atoms with E-state index in [9.17, 15) is 4.79 Å². The summed E-state index contributed by atoms with van der Waals surface area (Å²) in [6.45, 7) is 3.77. The Morgan fingerprint density at radius 1 is 1.77 bits per heavy atom. The van der Waals surface area contributed by atoms with Crippen LogP contribution in [0.3, 0.4) is 0 Å². The van der Waals surface area contributed by atoms with Crippen molar-refractivity contribution in [3.63, 3.8) is 0 Å². The van der Waals surface area contributed by atoms with Gasteiger partial charge in [0.2, 0.25) is 0 Å². The lowest BCUT2D eigenvalue weighted by Crippen LogP contribution is -2.11. The fourth-order valence-electron chi connectivity index (χ4n) is 1.05. The molecule has 0 spiro atoms. The summed E-state index contributed by atoms with van der Waals surface area (Å²) in [6, 6.07) is 2.06. The Hall–Kier alpha value is -0.400. The Kier molecular flexibility index (Phi) is 3.46. The molecule has 0 aromatic carbocycles. The predicted octanol–water partition coefficient (Wildman–Crippen LogP) is 1.82. The molecule has 0 saturated carbocycles. The molecule has 0 amide bonds. The van der Waals surface area contributed by atoms with Crippen molar-refractivity contribution >= 4 is 31.2 Å². The smallest absolute Gasteiger partial charge is 0.306 e. The number of hydrogen-bond donors (Lipinski definition) is 1. The van der Waals surface area contributed by atoms with Crippen LogP contribution in [-0.2, 0) is 11.2 Å². The van der Waals surface area contributed by atoms with Crippen LogP contribution >= 0.6 is 20.6 Å². The first-order valence-electron chi connectivity index (χ1n) is 4.08. The number of aryl methyl sites for hydroxylation is 1. The van der Waals surface area contributed by atoms with E-state index in [1.807, 2.05) is 6.92 Å². The summed E-state index contributed by atoms with van der Waals surface area (Å²) in [5, 5.41) is 8.72. The topological polar surface area (TPSA) is 37.3 Å². The van der Waals surface area contributed by atoms with Crippen molar-refractivity contribution in [1.82, 2.24) is 0 Å². The zero-order valence-electron chi connectivity index (χ0n) is 7.70. The zero-order chi connectivity index (χ0) is 10.0. The summed E-state index contributed by atoms with van der Waals surface area (Å²) in [5.41, 5.74) is 1.22. The van der Waals surface area contributed by atoms with Crippen LogP contribution in [0.4, 0.5) is 0 Å². The fraction of sp³-hybridized carbons (Fsp3) is 0.444. The van der Waals surface area contributed by atoms with Crippen LogP contribution in [0.25, 0.3) is 0 Å². The second kappa shape index (κ2) is 4.21. The Morgan fingerprint density at radius 3 is 2.77 bits per heavy atom. The average Bonchev–Trinajstić information content (AvgIpc) is 2.31. The standard InChI is InChI=1S/C9H13O2PS/c1-5(8(10)11)3-7-4-6(2)9(12)13-7/h4-5H,3,12H2,1-2H3,(H,10,11). The maximum atomic E-state index is 10.6. The van der Waals surface area contributed by atoms with Crippen LogP contribution < -0.4 is 4.62 Å². The van der Waals surface area contributed by atoms with Gasteiger partial charge in [-0.3, -0.25) is 4.79 Å². The van der Waals surface area contributed by atoms with Gasteiger partial charge in [-0.1, -0.05) is 16.2 Å². The molecule has 0 aliphatic carbocycles. The number of carbonyl (C=O) groups is 1. The maximum Gasteiger partial charge on any atom is 0.306 e. The van der Waals surface area contributed by atoms with E-state index in [0.29, 0.717) is 6.42 Å². The number of hydrogen-bond acceptors (Lipinski definition) is 2. The number of thiophene rings is 1. The normalized spacial score (nSPS) is 12.8. The minimum atomic E-state index is -0.726. The third-order valence-electron chi connectivity index (χ3n) is 1.94. The van der Waals surface area contributed by atoms with Gasteiger partial charge < -0.3 is 5.11 Å². The first-order chi connectivity index (χ1) is 6.00. The quantitative estimate of drug-likeness (QED) is 0.782. The molecule has 0 bridgehead atoms. The first kappa shape index (κ1) is 10.7. The SMILES string of the molecule is Cc1cc(CC(C)C(=O)O)sc1P. The van der Waals surface area contributed by atoms with Crippen LogP contribution in [0.2, 0.25) is 0 Å². The molecule has 72 valence electrons.